The fourth-order valence-electron chi connectivity index (χ4n) is 2.53. The maximum Gasteiger partial charge on any atom is 0.291 e. The first kappa shape index (κ1) is 18.0. The van der Waals surface area contributed by atoms with E-state index in [0.717, 1.165) is 24.9 Å². The number of nitrogens with one attached hydrogen (secondary N) is 3. The molecule has 24 heavy (non-hydrogen) atoms. The van der Waals surface area contributed by atoms with E-state index in [1.165, 1.54) is 6.26 Å². The predicted octanol–water partition coefficient (Wildman–Crippen LogP) is 2.32. The Morgan fingerprint density at radius 3 is 2.62 bits per heavy atom. The van der Waals surface area contributed by atoms with Crippen LogP contribution in [-0.4, -0.2) is 24.4 Å². The molecule has 0 radical (unpaired) electrons. The first-order chi connectivity index (χ1) is 11.2. The van der Waals surface area contributed by atoms with Crippen molar-refractivity contribution in [3.63, 3.8) is 0 Å². The van der Waals surface area contributed by atoms with Gasteiger partial charge in [-0.15, -0.1) is 12.4 Å². The molecule has 1 saturated heterocycles. The molecule has 2 heterocycles. The Hall–Kier alpha value is -2.31. The minimum Gasteiger partial charge on any atom is -0.459 e. The van der Waals surface area contributed by atoms with E-state index < -0.39 is 0 Å². The molecule has 6 nitrogen and oxygen atoms in total. The number of furan rings is 1. The summed E-state index contributed by atoms with van der Waals surface area (Å²) in [6, 6.07) is 10.6. The van der Waals surface area contributed by atoms with E-state index in [1.807, 2.05) is 12.1 Å². The monoisotopic (exact) mass is 349 g/mol. The second kappa shape index (κ2) is 8.52. The fourth-order valence-corrected chi connectivity index (χ4v) is 2.53. The van der Waals surface area contributed by atoms with Crippen molar-refractivity contribution in [3.8, 4) is 0 Å². The summed E-state index contributed by atoms with van der Waals surface area (Å²) in [4.78, 5) is 23.8. The zero-order valence-electron chi connectivity index (χ0n) is 13.1. The molecule has 1 fully saturated rings. The maximum atomic E-state index is 11.9. The summed E-state index contributed by atoms with van der Waals surface area (Å²) in [6.07, 6.45) is 3.39. The molecule has 0 spiro atoms. The SMILES string of the molecule is Cl.O=C(Nc1ccc(CNC(=O)C2CCCN2)cc1)c1ccco1. The van der Waals surface area contributed by atoms with Crippen LogP contribution in [0.4, 0.5) is 5.69 Å². The van der Waals surface area contributed by atoms with Crippen molar-refractivity contribution in [2.45, 2.75) is 25.4 Å². The van der Waals surface area contributed by atoms with Crippen LogP contribution >= 0.6 is 12.4 Å². The summed E-state index contributed by atoms with van der Waals surface area (Å²) in [5, 5.41) is 8.84. The molecule has 0 saturated carbocycles. The van der Waals surface area contributed by atoms with Crippen molar-refractivity contribution in [2.75, 3.05) is 11.9 Å². The van der Waals surface area contributed by atoms with Crippen molar-refractivity contribution in [1.82, 2.24) is 10.6 Å². The van der Waals surface area contributed by atoms with Crippen molar-refractivity contribution < 1.29 is 14.0 Å². The molecule has 1 atom stereocenters. The second-order valence-electron chi connectivity index (χ2n) is 5.50. The van der Waals surface area contributed by atoms with Gasteiger partial charge in [-0.3, -0.25) is 9.59 Å². The summed E-state index contributed by atoms with van der Waals surface area (Å²) in [6.45, 7) is 1.38. The first-order valence-electron chi connectivity index (χ1n) is 7.67. The Morgan fingerprint density at radius 1 is 1.21 bits per heavy atom. The summed E-state index contributed by atoms with van der Waals surface area (Å²) < 4.78 is 5.04. The Morgan fingerprint density at radius 2 is 2.00 bits per heavy atom. The Labute approximate surface area is 146 Å². The van der Waals surface area contributed by atoms with Crippen molar-refractivity contribution >= 4 is 29.9 Å². The van der Waals surface area contributed by atoms with Crippen LogP contribution in [0.3, 0.4) is 0 Å². The molecule has 1 aromatic heterocycles. The first-order valence-corrected chi connectivity index (χ1v) is 7.67. The molecule has 2 aromatic rings. The molecule has 1 aliphatic rings. The number of carbonyl (C=O) groups excluding carboxylic acids is 2. The van der Waals surface area contributed by atoms with Crippen LogP contribution < -0.4 is 16.0 Å². The third kappa shape index (κ3) is 4.59. The minimum atomic E-state index is -0.289. The highest BCUT2D eigenvalue weighted by Gasteiger charge is 2.21. The number of hydrogen-bond donors (Lipinski definition) is 3. The third-order valence-corrected chi connectivity index (χ3v) is 3.80. The number of hydrogen-bond acceptors (Lipinski definition) is 4. The standard InChI is InChI=1S/C17H19N3O3.ClH/c21-16(14-3-1-9-18-14)19-11-12-5-7-13(8-6-12)20-17(22)15-4-2-10-23-15;/h2,4-8,10,14,18H,1,3,9,11H2,(H,19,21)(H,20,22);1H. The van der Waals surface area contributed by atoms with Gasteiger partial charge in [-0.25, -0.2) is 0 Å². The van der Waals surface area contributed by atoms with Gasteiger partial charge in [0, 0.05) is 12.2 Å². The molecule has 0 aliphatic carbocycles. The smallest absolute Gasteiger partial charge is 0.291 e. The lowest BCUT2D eigenvalue weighted by atomic mass is 10.2. The number of amides is 2. The minimum absolute atomic E-state index is 0. The number of rotatable bonds is 5. The van der Waals surface area contributed by atoms with Gasteiger partial charge in [0.2, 0.25) is 5.91 Å². The zero-order chi connectivity index (χ0) is 16.1. The number of benzene rings is 1. The van der Waals surface area contributed by atoms with E-state index >= 15 is 0 Å². The van der Waals surface area contributed by atoms with Gasteiger partial charge in [-0.2, -0.15) is 0 Å². The van der Waals surface area contributed by atoms with Crippen LogP contribution in [-0.2, 0) is 11.3 Å². The number of halogens is 1. The third-order valence-electron chi connectivity index (χ3n) is 3.80. The van der Waals surface area contributed by atoms with Crippen LogP contribution in [0.1, 0.15) is 29.0 Å². The lowest BCUT2D eigenvalue weighted by Gasteiger charge is -2.11. The Bertz CT molecular complexity index is 665. The molecule has 128 valence electrons. The van der Waals surface area contributed by atoms with E-state index in [1.54, 1.807) is 24.3 Å². The molecule has 3 rings (SSSR count). The largest absolute Gasteiger partial charge is 0.459 e. The quantitative estimate of drug-likeness (QED) is 0.773. The van der Waals surface area contributed by atoms with Gasteiger partial charge in [-0.1, -0.05) is 12.1 Å². The zero-order valence-corrected chi connectivity index (χ0v) is 13.9. The van der Waals surface area contributed by atoms with E-state index in [2.05, 4.69) is 16.0 Å². The van der Waals surface area contributed by atoms with Gasteiger partial charge in [-0.05, 0) is 49.2 Å². The molecule has 1 unspecified atom stereocenters. The molecule has 3 N–H and O–H groups in total. The number of carbonyl (C=O) groups is 2. The van der Waals surface area contributed by atoms with Crippen LogP contribution in [0.25, 0.3) is 0 Å². The van der Waals surface area contributed by atoms with Crippen molar-refractivity contribution in [3.05, 3.63) is 54.0 Å². The highest BCUT2D eigenvalue weighted by molar-refractivity contribution is 6.02. The average molecular weight is 350 g/mol. The van der Waals surface area contributed by atoms with E-state index in [0.29, 0.717) is 12.2 Å². The molecule has 1 aromatic carbocycles. The van der Waals surface area contributed by atoms with Gasteiger partial charge in [0.05, 0.1) is 12.3 Å². The van der Waals surface area contributed by atoms with E-state index in [-0.39, 0.29) is 36.0 Å². The molecular formula is C17H20ClN3O3. The molecule has 2 amide bonds. The van der Waals surface area contributed by atoms with E-state index in [4.69, 9.17) is 4.42 Å². The van der Waals surface area contributed by atoms with Gasteiger partial charge in [0.15, 0.2) is 5.76 Å². The van der Waals surface area contributed by atoms with Gasteiger partial charge < -0.3 is 20.4 Å². The van der Waals surface area contributed by atoms with Gasteiger partial charge >= 0.3 is 0 Å². The van der Waals surface area contributed by atoms with Crippen molar-refractivity contribution in [1.29, 1.82) is 0 Å². The second-order valence-corrected chi connectivity index (χ2v) is 5.50. The van der Waals surface area contributed by atoms with E-state index in [9.17, 15) is 9.59 Å². The average Bonchev–Trinajstić information content (AvgIpc) is 3.27. The van der Waals surface area contributed by atoms with Gasteiger partial charge in [0.1, 0.15) is 0 Å². The van der Waals surface area contributed by atoms with Crippen LogP contribution in [0, 0.1) is 0 Å². The predicted molar refractivity (Wildman–Crippen MR) is 93.2 cm³/mol. The maximum absolute atomic E-state index is 11.9. The summed E-state index contributed by atoms with van der Waals surface area (Å²) in [5.74, 6) is 0.0199. The Balaban J connectivity index is 0.00000208. The van der Waals surface area contributed by atoms with Gasteiger partial charge in [0.25, 0.3) is 5.91 Å². The van der Waals surface area contributed by atoms with Crippen LogP contribution in [0.5, 0.6) is 0 Å². The highest BCUT2D eigenvalue weighted by atomic mass is 35.5. The van der Waals surface area contributed by atoms with Crippen LogP contribution in [0.2, 0.25) is 0 Å². The lowest BCUT2D eigenvalue weighted by Crippen LogP contribution is -2.39. The summed E-state index contributed by atoms with van der Waals surface area (Å²) in [5.41, 5.74) is 1.66. The topological polar surface area (TPSA) is 83.4 Å². The molecule has 0 bridgehead atoms. The molecule has 7 heteroatoms. The Kier molecular flexibility index (Phi) is 6.40. The molecular weight excluding hydrogens is 330 g/mol. The highest BCUT2D eigenvalue weighted by Crippen LogP contribution is 2.12. The van der Waals surface area contributed by atoms with Crippen molar-refractivity contribution in [2.24, 2.45) is 0 Å². The number of anilines is 1. The summed E-state index contributed by atoms with van der Waals surface area (Å²) >= 11 is 0. The fraction of sp³-hybridized carbons (Fsp3) is 0.294. The summed E-state index contributed by atoms with van der Waals surface area (Å²) in [7, 11) is 0. The molecule has 1 aliphatic heterocycles. The van der Waals surface area contributed by atoms with Crippen LogP contribution in [0.15, 0.2) is 47.1 Å². The lowest BCUT2D eigenvalue weighted by molar-refractivity contribution is -0.122. The normalized spacial score (nSPS) is 16.2.